The van der Waals surface area contributed by atoms with Crippen molar-refractivity contribution in [2.24, 2.45) is 0 Å². The summed E-state index contributed by atoms with van der Waals surface area (Å²) in [5.74, 6) is -0.688. The molecule has 0 heterocycles. The van der Waals surface area contributed by atoms with Crippen molar-refractivity contribution in [2.75, 3.05) is 25.5 Å². The summed E-state index contributed by atoms with van der Waals surface area (Å²) in [7, 11) is 1.49. The van der Waals surface area contributed by atoms with Crippen molar-refractivity contribution in [1.82, 2.24) is 4.90 Å². The van der Waals surface area contributed by atoms with Gasteiger partial charge in [0.05, 0.1) is 6.54 Å². The van der Waals surface area contributed by atoms with Crippen LogP contribution in [0.4, 0.5) is 10.1 Å². The van der Waals surface area contributed by atoms with Crippen LogP contribution in [0.25, 0.3) is 0 Å². The zero-order valence-electron chi connectivity index (χ0n) is 15.2. The van der Waals surface area contributed by atoms with Crippen molar-refractivity contribution < 1.29 is 23.5 Å². The van der Waals surface area contributed by atoms with E-state index in [1.165, 1.54) is 36.2 Å². The van der Waals surface area contributed by atoms with Crippen LogP contribution in [0.2, 0.25) is 0 Å². The Morgan fingerprint density at radius 2 is 1.67 bits per heavy atom. The molecule has 142 valence electrons. The lowest BCUT2D eigenvalue weighted by atomic mass is 10.1. The van der Waals surface area contributed by atoms with Crippen LogP contribution in [0.5, 0.6) is 5.75 Å². The Hall–Kier alpha value is -3.22. The molecule has 1 N–H and O–H groups in total. The Kier molecular flexibility index (Phi) is 7.05. The molecule has 2 aromatic rings. The first-order valence-corrected chi connectivity index (χ1v) is 8.44. The molecule has 0 fully saturated rings. The molecular formula is C20H21FN2O4. The lowest BCUT2D eigenvalue weighted by molar-refractivity contribution is -0.135. The number of likely N-dealkylation sites (N-methyl/N-ethyl adjacent to an activating group) is 1. The third-order valence-corrected chi connectivity index (χ3v) is 3.79. The molecule has 2 rings (SSSR count). The first-order valence-electron chi connectivity index (χ1n) is 8.44. The van der Waals surface area contributed by atoms with E-state index < -0.39 is 11.7 Å². The maximum absolute atomic E-state index is 12.8. The van der Waals surface area contributed by atoms with Gasteiger partial charge in [0.1, 0.15) is 11.6 Å². The molecule has 0 aliphatic carbocycles. The number of nitrogens with one attached hydrogen (secondary N) is 1. The lowest BCUT2D eigenvalue weighted by Gasteiger charge is -2.17. The molecular weight excluding hydrogens is 351 g/mol. The zero-order chi connectivity index (χ0) is 19.8. The number of hydrogen-bond donors (Lipinski definition) is 1. The molecule has 0 bridgehead atoms. The number of benzene rings is 2. The third-order valence-electron chi connectivity index (χ3n) is 3.79. The molecule has 0 atom stereocenters. The van der Waals surface area contributed by atoms with Gasteiger partial charge in [0.25, 0.3) is 5.91 Å². The molecule has 0 unspecified atom stereocenters. The van der Waals surface area contributed by atoms with Crippen molar-refractivity contribution in [3.8, 4) is 5.75 Å². The minimum absolute atomic E-state index is 0.0320. The summed E-state index contributed by atoms with van der Waals surface area (Å²) in [6, 6.07) is 11.9. The normalized spacial score (nSPS) is 10.2. The molecule has 27 heavy (non-hydrogen) atoms. The van der Waals surface area contributed by atoms with E-state index in [2.05, 4.69) is 5.32 Å². The quantitative estimate of drug-likeness (QED) is 0.723. The van der Waals surface area contributed by atoms with E-state index in [0.29, 0.717) is 23.4 Å². The first kappa shape index (κ1) is 20.1. The summed E-state index contributed by atoms with van der Waals surface area (Å²) in [5.41, 5.74) is 1.03. The molecule has 0 saturated carbocycles. The number of ether oxygens (including phenoxy) is 1. The number of carbonyl (C=O) groups is 3. The van der Waals surface area contributed by atoms with Crippen molar-refractivity contribution in [3.05, 3.63) is 59.9 Å². The number of anilines is 1. The van der Waals surface area contributed by atoms with Gasteiger partial charge in [-0.15, -0.1) is 0 Å². The molecule has 0 saturated heterocycles. The maximum atomic E-state index is 12.8. The van der Waals surface area contributed by atoms with E-state index in [4.69, 9.17) is 4.74 Å². The zero-order valence-corrected chi connectivity index (χ0v) is 15.2. The highest BCUT2D eigenvalue weighted by Crippen LogP contribution is 2.13. The maximum Gasteiger partial charge on any atom is 0.260 e. The van der Waals surface area contributed by atoms with Crippen LogP contribution < -0.4 is 10.1 Å². The summed E-state index contributed by atoms with van der Waals surface area (Å²) in [6.07, 6.45) is 0.420. The second kappa shape index (κ2) is 9.47. The van der Waals surface area contributed by atoms with Crippen LogP contribution >= 0.6 is 0 Å². The van der Waals surface area contributed by atoms with Crippen molar-refractivity contribution in [3.63, 3.8) is 0 Å². The fourth-order valence-electron chi connectivity index (χ4n) is 2.23. The number of amides is 2. The van der Waals surface area contributed by atoms with Crippen molar-refractivity contribution in [2.45, 2.75) is 13.3 Å². The number of carbonyl (C=O) groups excluding carboxylic acids is 3. The summed E-state index contributed by atoms with van der Waals surface area (Å²) < 4.78 is 18.2. The van der Waals surface area contributed by atoms with E-state index >= 15 is 0 Å². The largest absolute Gasteiger partial charge is 0.484 e. The van der Waals surface area contributed by atoms with Gasteiger partial charge < -0.3 is 15.0 Å². The Morgan fingerprint density at radius 3 is 2.26 bits per heavy atom. The van der Waals surface area contributed by atoms with Gasteiger partial charge in [0.2, 0.25) is 5.91 Å². The van der Waals surface area contributed by atoms with Crippen LogP contribution in [-0.4, -0.2) is 42.7 Å². The fourth-order valence-corrected chi connectivity index (χ4v) is 2.23. The average Bonchev–Trinajstić information content (AvgIpc) is 2.67. The standard InChI is InChI=1S/C20H21FN2O4/c1-3-18(24)14-4-10-17(11-5-14)27-13-20(26)23(2)12-19(25)22-16-8-6-15(21)7-9-16/h4-11H,3,12-13H2,1-2H3,(H,22,25). The molecule has 0 aliphatic rings. The van der Waals surface area contributed by atoms with Gasteiger partial charge >= 0.3 is 0 Å². The van der Waals surface area contributed by atoms with E-state index in [1.807, 2.05) is 0 Å². The lowest BCUT2D eigenvalue weighted by Crippen LogP contribution is -2.37. The van der Waals surface area contributed by atoms with Gasteiger partial charge in [-0.1, -0.05) is 6.92 Å². The van der Waals surface area contributed by atoms with Crippen LogP contribution in [-0.2, 0) is 9.59 Å². The van der Waals surface area contributed by atoms with E-state index in [-0.39, 0.29) is 24.8 Å². The minimum atomic E-state index is -0.403. The number of Topliss-reactive ketones (excluding diaryl/α,β-unsaturated/α-hetero) is 1. The smallest absolute Gasteiger partial charge is 0.260 e. The summed E-state index contributed by atoms with van der Waals surface area (Å²) in [4.78, 5) is 36.8. The van der Waals surface area contributed by atoms with Crippen molar-refractivity contribution >= 4 is 23.3 Å². The SMILES string of the molecule is CCC(=O)c1ccc(OCC(=O)N(C)CC(=O)Nc2ccc(F)cc2)cc1. The number of ketones is 1. The Labute approximate surface area is 156 Å². The second-order valence-corrected chi connectivity index (χ2v) is 5.89. The Morgan fingerprint density at radius 1 is 1.04 bits per heavy atom. The van der Waals surface area contributed by atoms with Crippen molar-refractivity contribution in [1.29, 1.82) is 0 Å². The molecule has 0 aliphatic heterocycles. The molecule has 6 nitrogen and oxygen atoms in total. The van der Waals surface area contributed by atoms with Crippen LogP contribution in [0.1, 0.15) is 23.7 Å². The monoisotopic (exact) mass is 372 g/mol. The predicted molar refractivity (Wildman–Crippen MR) is 99.2 cm³/mol. The van der Waals surface area contributed by atoms with Crippen LogP contribution in [0.3, 0.4) is 0 Å². The molecule has 0 spiro atoms. The molecule has 0 radical (unpaired) electrons. The first-order chi connectivity index (χ1) is 12.9. The van der Waals surface area contributed by atoms with Gasteiger partial charge in [-0.3, -0.25) is 14.4 Å². The van der Waals surface area contributed by atoms with Crippen LogP contribution in [0, 0.1) is 5.82 Å². The Balaban J connectivity index is 1.80. The number of halogens is 1. The molecule has 2 aromatic carbocycles. The number of rotatable bonds is 8. The van der Waals surface area contributed by atoms with E-state index in [0.717, 1.165) is 0 Å². The molecule has 0 aromatic heterocycles. The highest BCUT2D eigenvalue weighted by atomic mass is 19.1. The third kappa shape index (κ3) is 6.22. The van der Waals surface area contributed by atoms with Gasteiger partial charge in [-0.25, -0.2) is 4.39 Å². The fraction of sp³-hybridized carbons (Fsp3) is 0.250. The number of hydrogen-bond acceptors (Lipinski definition) is 4. The van der Waals surface area contributed by atoms with Crippen LogP contribution in [0.15, 0.2) is 48.5 Å². The summed E-state index contributed by atoms with van der Waals surface area (Å²) in [6.45, 7) is 1.39. The molecule has 7 heteroatoms. The van der Waals surface area contributed by atoms with E-state index in [9.17, 15) is 18.8 Å². The topological polar surface area (TPSA) is 75.7 Å². The van der Waals surface area contributed by atoms with Gasteiger partial charge in [-0.05, 0) is 48.5 Å². The summed E-state index contributed by atoms with van der Waals surface area (Å²) >= 11 is 0. The van der Waals surface area contributed by atoms with Gasteiger partial charge in [0.15, 0.2) is 12.4 Å². The minimum Gasteiger partial charge on any atom is -0.484 e. The molecule has 2 amide bonds. The second-order valence-electron chi connectivity index (χ2n) is 5.89. The summed E-state index contributed by atoms with van der Waals surface area (Å²) in [5, 5.41) is 2.58. The Bertz CT molecular complexity index is 804. The van der Waals surface area contributed by atoms with E-state index in [1.54, 1.807) is 31.2 Å². The highest BCUT2D eigenvalue weighted by molar-refractivity contribution is 5.96. The predicted octanol–water partition coefficient (Wildman–Crippen LogP) is 2.89. The average molecular weight is 372 g/mol. The highest BCUT2D eigenvalue weighted by Gasteiger charge is 2.14. The van der Waals surface area contributed by atoms with Gasteiger partial charge in [-0.2, -0.15) is 0 Å². The van der Waals surface area contributed by atoms with Gasteiger partial charge in [0, 0.05) is 24.7 Å². The number of nitrogens with zero attached hydrogens (tertiary/aromatic N) is 1.